The number of hydrogen-bond donors (Lipinski definition) is 3. The van der Waals surface area contributed by atoms with Crippen molar-refractivity contribution in [1.29, 1.82) is 0 Å². The molecule has 3 rings (SSSR count). The number of carboxylic acid groups (broad SMARTS) is 1. The van der Waals surface area contributed by atoms with Crippen LogP contribution in [-0.4, -0.2) is 27.9 Å². The molecule has 30 heavy (non-hydrogen) atoms. The maximum atomic E-state index is 10.8. The molecule has 0 amide bonds. The van der Waals surface area contributed by atoms with Gasteiger partial charge in [-0.2, -0.15) is 0 Å². The number of hydrogen-bond acceptors (Lipinski definition) is 4. The summed E-state index contributed by atoms with van der Waals surface area (Å²) in [6.45, 7) is 0.655. The molecule has 3 aromatic rings. The Labute approximate surface area is 177 Å². The van der Waals surface area contributed by atoms with E-state index in [1.807, 2.05) is 42.5 Å². The van der Waals surface area contributed by atoms with Crippen molar-refractivity contribution in [2.75, 3.05) is 6.61 Å². The summed E-state index contributed by atoms with van der Waals surface area (Å²) < 4.78 is 5.85. The van der Waals surface area contributed by atoms with Gasteiger partial charge >= 0.3 is 5.97 Å². The number of aliphatic carboxylic acids is 1. The van der Waals surface area contributed by atoms with E-state index < -0.39 is 5.97 Å². The van der Waals surface area contributed by atoms with Gasteiger partial charge in [-0.3, -0.25) is 4.79 Å². The lowest BCUT2D eigenvalue weighted by Crippen LogP contribution is -2.00. The summed E-state index contributed by atoms with van der Waals surface area (Å²) in [5, 5.41) is 29.8. The molecule has 0 atom stereocenters. The molecule has 0 aliphatic heterocycles. The van der Waals surface area contributed by atoms with Crippen molar-refractivity contribution in [3.8, 4) is 17.2 Å². The van der Waals surface area contributed by atoms with Gasteiger partial charge in [0.05, 0.1) is 13.0 Å². The van der Waals surface area contributed by atoms with Crippen LogP contribution in [0.15, 0.2) is 54.6 Å². The van der Waals surface area contributed by atoms with Gasteiger partial charge in [0.15, 0.2) is 11.5 Å². The van der Waals surface area contributed by atoms with Crippen LogP contribution in [0.25, 0.3) is 10.8 Å². The highest BCUT2D eigenvalue weighted by Gasteiger charge is 2.04. The molecule has 0 fully saturated rings. The van der Waals surface area contributed by atoms with Gasteiger partial charge in [-0.05, 0) is 65.4 Å². The van der Waals surface area contributed by atoms with E-state index in [2.05, 4.69) is 0 Å². The minimum atomic E-state index is -0.828. The number of aryl methyl sites for hydroxylation is 1. The van der Waals surface area contributed by atoms with Crippen LogP contribution in [0.1, 0.15) is 44.2 Å². The minimum Gasteiger partial charge on any atom is -0.504 e. The molecule has 160 valence electrons. The number of benzene rings is 3. The summed E-state index contributed by atoms with van der Waals surface area (Å²) >= 11 is 0. The third-order valence-corrected chi connectivity index (χ3v) is 4.90. The lowest BCUT2D eigenvalue weighted by molar-refractivity contribution is -0.136. The number of carboxylic acids is 1. The quantitative estimate of drug-likeness (QED) is 0.295. The van der Waals surface area contributed by atoms with Crippen molar-refractivity contribution in [3.05, 3.63) is 65.7 Å². The van der Waals surface area contributed by atoms with Gasteiger partial charge < -0.3 is 20.1 Å². The molecule has 5 heteroatoms. The van der Waals surface area contributed by atoms with Crippen LogP contribution < -0.4 is 4.74 Å². The van der Waals surface area contributed by atoms with Gasteiger partial charge in [-0.25, -0.2) is 0 Å². The van der Waals surface area contributed by atoms with Crippen molar-refractivity contribution < 1.29 is 24.9 Å². The van der Waals surface area contributed by atoms with Crippen molar-refractivity contribution >= 4 is 16.7 Å². The predicted octanol–water partition coefficient (Wildman–Crippen LogP) is 5.70. The van der Waals surface area contributed by atoms with E-state index in [-0.39, 0.29) is 25.3 Å². The Bertz CT molecular complexity index is 980. The molecule has 5 nitrogen and oxygen atoms in total. The molecule has 0 unspecified atom stereocenters. The first kappa shape index (κ1) is 23.1. The molecule has 0 saturated heterocycles. The van der Waals surface area contributed by atoms with Crippen LogP contribution in [-0.2, 0) is 17.6 Å². The SMILES string of the molecule is C.O=C(O)Cc1ccc2cc(OCCCCCCc3ccc(O)c(O)c3)ccc2c1. The average molecular weight is 411 g/mol. The molecule has 3 aromatic carbocycles. The van der Waals surface area contributed by atoms with Gasteiger partial charge in [0.25, 0.3) is 0 Å². The molecular formula is C25H30O5. The minimum absolute atomic E-state index is 0. The first-order valence-corrected chi connectivity index (χ1v) is 9.89. The Hall–Kier alpha value is -3.21. The van der Waals surface area contributed by atoms with Gasteiger partial charge in [0, 0.05) is 0 Å². The second-order valence-corrected chi connectivity index (χ2v) is 7.25. The summed E-state index contributed by atoms with van der Waals surface area (Å²) in [4.78, 5) is 10.8. The van der Waals surface area contributed by atoms with Crippen molar-refractivity contribution in [3.63, 3.8) is 0 Å². The van der Waals surface area contributed by atoms with E-state index >= 15 is 0 Å². The van der Waals surface area contributed by atoms with E-state index in [1.54, 1.807) is 6.07 Å². The van der Waals surface area contributed by atoms with Crippen LogP contribution >= 0.6 is 0 Å². The van der Waals surface area contributed by atoms with Crippen LogP contribution in [0.3, 0.4) is 0 Å². The zero-order valence-corrected chi connectivity index (χ0v) is 16.3. The van der Waals surface area contributed by atoms with Crippen LogP contribution in [0.2, 0.25) is 0 Å². The molecule has 0 spiro atoms. The summed E-state index contributed by atoms with van der Waals surface area (Å²) in [7, 11) is 0. The van der Waals surface area contributed by atoms with E-state index in [9.17, 15) is 15.0 Å². The van der Waals surface area contributed by atoms with Crippen molar-refractivity contribution in [1.82, 2.24) is 0 Å². The Kier molecular flexibility index (Phi) is 8.54. The fourth-order valence-electron chi connectivity index (χ4n) is 3.35. The Morgan fingerprint density at radius 3 is 2.23 bits per heavy atom. The Morgan fingerprint density at radius 1 is 0.767 bits per heavy atom. The molecule has 0 heterocycles. The Morgan fingerprint density at radius 2 is 1.47 bits per heavy atom. The first-order chi connectivity index (χ1) is 14.0. The Balaban J connectivity index is 0.00000320. The summed E-state index contributed by atoms with van der Waals surface area (Å²) in [6.07, 6.45) is 5.05. The van der Waals surface area contributed by atoms with Crippen LogP contribution in [0, 0.1) is 0 Å². The maximum Gasteiger partial charge on any atom is 0.307 e. The highest BCUT2D eigenvalue weighted by Crippen LogP contribution is 2.26. The van der Waals surface area contributed by atoms with E-state index in [0.29, 0.717) is 6.61 Å². The maximum absolute atomic E-state index is 10.8. The summed E-state index contributed by atoms with van der Waals surface area (Å²) in [5.41, 5.74) is 1.82. The van der Waals surface area contributed by atoms with E-state index in [0.717, 1.165) is 59.8 Å². The number of rotatable bonds is 10. The molecule has 3 N–H and O–H groups in total. The third-order valence-electron chi connectivity index (χ3n) is 4.90. The standard InChI is InChI=1S/C24H26O5.CH4/c25-22-11-7-17(14-23(22)26)5-3-1-2-4-12-29-21-10-9-19-13-18(15-24(27)28)6-8-20(19)16-21;/h6-11,13-14,16,25-26H,1-5,12,15H2,(H,27,28);1H4. The topological polar surface area (TPSA) is 87.0 Å². The zero-order chi connectivity index (χ0) is 20.6. The fourth-order valence-corrected chi connectivity index (χ4v) is 3.35. The van der Waals surface area contributed by atoms with Crippen LogP contribution in [0.4, 0.5) is 0 Å². The number of fused-ring (bicyclic) bond motifs is 1. The monoisotopic (exact) mass is 410 g/mol. The lowest BCUT2D eigenvalue weighted by atomic mass is 10.0. The fraction of sp³-hybridized carbons (Fsp3) is 0.320. The largest absolute Gasteiger partial charge is 0.504 e. The molecule has 0 radical (unpaired) electrons. The highest BCUT2D eigenvalue weighted by molar-refractivity contribution is 5.85. The van der Waals surface area contributed by atoms with Gasteiger partial charge in [0.1, 0.15) is 5.75 Å². The second-order valence-electron chi connectivity index (χ2n) is 7.25. The molecule has 0 aliphatic carbocycles. The third kappa shape index (κ3) is 6.69. The second kappa shape index (κ2) is 11.1. The number of ether oxygens (including phenoxy) is 1. The molecule has 0 saturated carbocycles. The number of aromatic hydroxyl groups is 2. The average Bonchev–Trinajstić information content (AvgIpc) is 2.69. The smallest absolute Gasteiger partial charge is 0.307 e. The predicted molar refractivity (Wildman–Crippen MR) is 119 cm³/mol. The molecule has 0 aromatic heterocycles. The summed E-state index contributed by atoms with van der Waals surface area (Å²) in [6, 6.07) is 16.5. The summed E-state index contributed by atoms with van der Waals surface area (Å²) in [5.74, 6) is -0.154. The molecule has 0 aliphatic rings. The molecular weight excluding hydrogens is 380 g/mol. The van der Waals surface area contributed by atoms with Crippen molar-refractivity contribution in [2.45, 2.75) is 46.0 Å². The normalized spacial score (nSPS) is 10.5. The number of carbonyl (C=O) groups is 1. The lowest BCUT2D eigenvalue weighted by Gasteiger charge is -2.08. The number of phenolic OH excluding ortho intramolecular Hbond substituents is 2. The highest BCUT2D eigenvalue weighted by atomic mass is 16.5. The van der Waals surface area contributed by atoms with Crippen molar-refractivity contribution in [2.24, 2.45) is 0 Å². The van der Waals surface area contributed by atoms with Gasteiger partial charge in [0.2, 0.25) is 0 Å². The first-order valence-electron chi connectivity index (χ1n) is 9.89. The van der Waals surface area contributed by atoms with E-state index in [1.165, 1.54) is 6.07 Å². The molecule has 0 bridgehead atoms. The van der Waals surface area contributed by atoms with Gasteiger partial charge in [-0.1, -0.05) is 50.6 Å². The van der Waals surface area contributed by atoms with Gasteiger partial charge in [-0.15, -0.1) is 0 Å². The van der Waals surface area contributed by atoms with Crippen LogP contribution in [0.5, 0.6) is 17.2 Å². The zero-order valence-electron chi connectivity index (χ0n) is 16.3. The van der Waals surface area contributed by atoms with E-state index in [4.69, 9.17) is 9.84 Å². The number of phenols is 2. The number of unbranched alkanes of at least 4 members (excludes halogenated alkanes) is 3.